The molecule has 1 aliphatic heterocycles. The lowest BCUT2D eigenvalue weighted by atomic mass is 10.0. The van der Waals surface area contributed by atoms with Gasteiger partial charge in [0.1, 0.15) is 5.60 Å². The zero-order valence-electron chi connectivity index (χ0n) is 24.8. The van der Waals surface area contributed by atoms with Crippen LogP contribution >= 0.6 is 11.8 Å². The molecule has 37 heavy (non-hydrogen) atoms. The zero-order chi connectivity index (χ0) is 28.4. The number of hydrogen-bond donors (Lipinski definition) is 0. The predicted molar refractivity (Wildman–Crippen MR) is 149 cm³/mol. The number of nitrogens with zero attached hydrogens (tertiary/aromatic N) is 3. The van der Waals surface area contributed by atoms with E-state index in [0.29, 0.717) is 26.2 Å². The van der Waals surface area contributed by atoms with Crippen molar-refractivity contribution in [2.45, 2.75) is 109 Å². The number of thioether (sulfide) groups is 1. The molecule has 0 aromatic heterocycles. The summed E-state index contributed by atoms with van der Waals surface area (Å²) in [5, 5.41) is -0.177. The Labute approximate surface area is 228 Å². The van der Waals surface area contributed by atoms with Crippen molar-refractivity contribution >= 4 is 29.7 Å². The van der Waals surface area contributed by atoms with Crippen LogP contribution in [0, 0.1) is 0 Å². The van der Waals surface area contributed by atoms with Crippen molar-refractivity contribution < 1.29 is 28.6 Å². The first kappa shape index (κ1) is 33.5. The van der Waals surface area contributed by atoms with Gasteiger partial charge in [0.15, 0.2) is 4.75 Å². The smallest absolute Gasteiger partial charge is 0.410 e. The lowest BCUT2D eigenvalue weighted by molar-refractivity contribution is -0.151. The maximum Gasteiger partial charge on any atom is 0.410 e. The van der Waals surface area contributed by atoms with Crippen LogP contribution in [0.4, 0.5) is 4.79 Å². The van der Waals surface area contributed by atoms with Crippen LogP contribution < -0.4 is 0 Å². The highest BCUT2D eigenvalue weighted by atomic mass is 32.2. The minimum absolute atomic E-state index is 0.0806. The van der Waals surface area contributed by atoms with Crippen LogP contribution in [0.2, 0.25) is 0 Å². The fourth-order valence-electron chi connectivity index (χ4n) is 4.75. The van der Waals surface area contributed by atoms with Crippen LogP contribution in [-0.2, 0) is 23.8 Å². The van der Waals surface area contributed by atoms with Gasteiger partial charge in [-0.2, -0.15) is 0 Å². The monoisotopic (exact) mass is 545 g/mol. The molecule has 0 bridgehead atoms. The molecule has 1 rings (SSSR count). The molecule has 0 saturated carbocycles. The molecule has 9 nitrogen and oxygen atoms in total. The summed E-state index contributed by atoms with van der Waals surface area (Å²) in [5.41, 5.74) is -0.553. The van der Waals surface area contributed by atoms with Gasteiger partial charge in [-0.05, 0) is 81.1 Å². The molecule has 0 N–H and O–H groups in total. The van der Waals surface area contributed by atoms with Crippen molar-refractivity contribution in [1.82, 2.24) is 14.7 Å². The number of esters is 1. The van der Waals surface area contributed by atoms with Crippen LogP contribution in [0.5, 0.6) is 0 Å². The quantitative estimate of drug-likeness (QED) is 0.146. The average Bonchev–Trinajstić information content (AvgIpc) is 2.80. The fraction of sp³-hybridized carbons (Fsp3) is 0.889. The van der Waals surface area contributed by atoms with E-state index in [9.17, 15) is 14.4 Å². The fourth-order valence-corrected chi connectivity index (χ4v) is 6.38. The Morgan fingerprint density at radius 2 is 1.76 bits per heavy atom. The predicted octanol–water partition coefficient (Wildman–Crippen LogP) is 4.38. The minimum Gasteiger partial charge on any atom is -0.465 e. The molecule has 1 saturated heterocycles. The third kappa shape index (κ3) is 10.3. The number of carbonyl (C=O) groups excluding carboxylic acids is 3. The summed E-state index contributed by atoms with van der Waals surface area (Å²) < 4.78 is 14.7. The van der Waals surface area contributed by atoms with Gasteiger partial charge in [0.05, 0.1) is 12.0 Å². The molecule has 3 atom stereocenters. The van der Waals surface area contributed by atoms with Crippen LogP contribution in [0.1, 0.15) is 81.1 Å². The number of carbonyl (C=O) groups is 3. The standard InChI is InChI=1S/C27H51N3O6S/c1-11-35-24(32)27(8,23(31)28(9)16-12-13-18-34-10)37-21(4)30(20(2)3)22-15-14-17-29(19-22)25(33)36-26(5,6)7/h20-22H,11-19H2,1-10H3/t21?,22-,27?/m1/s1. The number of ether oxygens (including phenoxy) is 3. The van der Waals surface area contributed by atoms with Crippen LogP contribution in [0.3, 0.4) is 0 Å². The first-order valence-electron chi connectivity index (χ1n) is 13.5. The topological polar surface area (TPSA) is 88.6 Å². The van der Waals surface area contributed by atoms with Crippen molar-refractivity contribution in [2.24, 2.45) is 0 Å². The Kier molecular flexibility index (Phi) is 13.7. The molecule has 0 aliphatic carbocycles. The molecular formula is C27H51N3O6S. The Hall–Kier alpha value is -1.52. The van der Waals surface area contributed by atoms with E-state index < -0.39 is 16.3 Å². The van der Waals surface area contributed by atoms with E-state index in [1.807, 2.05) is 27.7 Å². The highest BCUT2D eigenvalue weighted by Crippen LogP contribution is 2.37. The Morgan fingerprint density at radius 1 is 1.11 bits per heavy atom. The van der Waals surface area contributed by atoms with Gasteiger partial charge in [0, 0.05) is 52.5 Å². The number of methoxy groups -OCH3 is 1. The summed E-state index contributed by atoms with van der Waals surface area (Å²) in [5.74, 6) is -0.786. The molecule has 0 aromatic carbocycles. The molecular weight excluding hydrogens is 494 g/mol. The molecule has 10 heteroatoms. The highest BCUT2D eigenvalue weighted by Gasteiger charge is 2.48. The van der Waals surface area contributed by atoms with Gasteiger partial charge in [-0.25, -0.2) is 9.59 Å². The lowest BCUT2D eigenvalue weighted by Crippen LogP contribution is -2.57. The largest absolute Gasteiger partial charge is 0.465 e. The second kappa shape index (κ2) is 15.2. The van der Waals surface area contributed by atoms with E-state index in [-0.39, 0.29) is 36.1 Å². The number of piperidine rings is 1. The van der Waals surface area contributed by atoms with Crippen molar-refractivity contribution in [1.29, 1.82) is 0 Å². The van der Waals surface area contributed by atoms with E-state index in [1.165, 1.54) is 11.8 Å². The Balaban J connectivity index is 3.09. The second-order valence-corrected chi connectivity index (χ2v) is 12.9. The van der Waals surface area contributed by atoms with Gasteiger partial charge in [-0.1, -0.05) is 0 Å². The van der Waals surface area contributed by atoms with Crippen molar-refractivity contribution in [3.8, 4) is 0 Å². The van der Waals surface area contributed by atoms with Crippen LogP contribution in [-0.4, -0.2) is 107 Å². The van der Waals surface area contributed by atoms with E-state index >= 15 is 0 Å². The molecule has 1 aliphatic rings. The van der Waals surface area contributed by atoms with Gasteiger partial charge in [-0.15, -0.1) is 11.8 Å². The average molecular weight is 546 g/mol. The summed E-state index contributed by atoms with van der Waals surface area (Å²) in [4.78, 5) is 45.2. The van der Waals surface area contributed by atoms with Gasteiger partial charge >= 0.3 is 12.1 Å². The molecule has 0 spiro atoms. The number of hydrogen-bond acceptors (Lipinski definition) is 8. The summed E-state index contributed by atoms with van der Waals surface area (Å²) in [7, 11) is 3.39. The first-order valence-corrected chi connectivity index (χ1v) is 14.4. The van der Waals surface area contributed by atoms with Gasteiger partial charge < -0.3 is 24.0 Å². The van der Waals surface area contributed by atoms with E-state index in [1.54, 1.807) is 37.8 Å². The summed E-state index contributed by atoms with van der Waals surface area (Å²) >= 11 is 1.33. The molecule has 2 amide bonds. The van der Waals surface area contributed by atoms with E-state index in [0.717, 1.165) is 25.7 Å². The normalized spacial score (nSPS) is 18.9. The van der Waals surface area contributed by atoms with Gasteiger partial charge in [0.25, 0.3) is 0 Å². The third-order valence-corrected chi connectivity index (χ3v) is 7.80. The molecule has 0 radical (unpaired) electrons. The van der Waals surface area contributed by atoms with Crippen LogP contribution in [0.25, 0.3) is 0 Å². The number of rotatable bonds is 13. The summed E-state index contributed by atoms with van der Waals surface area (Å²) in [6, 6.07) is 0.219. The first-order chi connectivity index (χ1) is 17.2. The maximum atomic E-state index is 13.6. The molecule has 1 fully saturated rings. The van der Waals surface area contributed by atoms with Gasteiger partial charge in [0.2, 0.25) is 5.91 Å². The Morgan fingerprint density at radius 3 is 2.30 bits per heavy atom. The van der Waals surface area contributed by atoms with Crippen LogP contribution in [0.15, 0.2) is 0 Å². The van der Waals surface area contributed by atoms with E-state index in [4.69, 9.17) is 14.2 Å². The molecule has 1 heterocycles. The molecule has 216 valence electrons. The van der Waals surface area contributed by atoms with E-state index in [2.05, 4.69) is 18.7 Å². The third-order valence-electron chi connectivity index (χ3n) is 6.40. The summed E-state index contributed by atoms with van der Waals surface area (Å²) in [6.45, 7) is 17.8. The number of likely N-dealkylation sites (tertiary alicyclic amines) is 1. The van der Waals surface area contributed by atoms with Crippen molar-refractivity contribution in [3.05, 3.63) is 0 Å². The molecule has 2 unspecified atom stereocenters. The second-order valence-electron chi connectivity index (χ2n) is 11.2. The SMILES string of the molecule is CCOC(=O)C(C)(SC(C)N(C(C)C)[C@@H]1CCCN(C(=O)OC(C)(C)C)C1)C(=O)N(C)CCCCOC. The highest BCUT2D eigenvalue weighted by molar-refractivity contribution is 8.02. The minimum atomic E-state index is -1.39. The Bertz CT molecular complexity index is 744. The number of amides is 2. The van der Waals surface area contributed by atoms with Gasteiger partial charge in [-0.3, -0.25) is 9.69 Å². The zero-order valence-corrected chi connectivity index (χ0v) is 25.6. The molecule has 0 aromatic rings. The lowest BCUT2D eigenvalue weighted by Gasteiger charge is -2.45. The maximum absolute atomic E-state index is 13.6. The van der Waals surface area contributed by atoms with Crippen molar-refractivity contribution in [3.63, 3.8) is 0 Å². The van der Waals surface area contributed by atoms with Crippen molar-refractivity contribution in [2.75, 3.05) is 47.0 Å². The number of unbranched alkanes of at least 4 members (excludes halogenated alkanes) is 1. The summed E-state index contributed by atoms with van der Waals surface area (Å²) in [6.07, 6.45) is 3.11.